The topological polar surface area (TPSA) is 79.3 Å². The molecule has 19 heavy (non-hydrogen) atoms. The molecular formula is C14H12N2O3. The Morgan fingerprint density at radius 3 is 2.16 bits per heavy atom. The number of rotatable bonds is 3. The van der Waals surface area contributed by atoms with E-state index in [1.165, 1.54) is 18.3 Å². The van der Waals surface area contributed by atoms with E-state index in [9.17, 15) is 9.59 Å². The highest BCUT2D eigenvalue weighted by atomic mass is 16.4. The van der Waals surface area contributed by atoms with Crippen LogP contribution in [0.1, 0.15) is 20.7 Å². The second-order valence-corrected chi connectivity index (χ2v) is 3.89. The van der Waals surface area contributed by atoms with Gasteiger partial charge in [-0.3, -0.25) is 9.78 Å². The standard InChI is InChI=1S/C14H12N2O3/c1-15-13(17)11-6-7-12(16-8-11)9-2-4-10(5-3-9)14(18)19/h2-8H,1H3,(H,15,17)(H,18,19). The fourth-order valence-corrected chi connectivity index (χ4v) is 1.63. The quantitative estimate of drug-likeness (QED) is 0.877. The lowest BCUT2D eigenvalue weighted by atomic mass is 10.1. The van der Waals surface area contributed by atoms with Crippen molar-refractivity contribution in [2.75, 3.05) is 7.05 Å². The molecule has 2 aromatic rings. The number of hydrogen-bond donors (Lipinski definition) is 2. The van der Waals surface area contributed by atoms with Crippen LogP contribution in [0.25, 0.3) is 11.3 Å². The molecule has 0 aliphatic heterocycles. The van der Waals surface area contributed by atoms with E-state index < -0.39 is 5.97 Å². The summed E-state index contributed by atoms with van der Waals surface area (Å²) in [5.41, 5.74) is 2.19. The largest absolute Gasteiger partial charge is 0.478 e. The number of hydrogen-bond acceptors (Lipinski definition) is 3. The van der Waals surface area contributed by atoms with Crippen LogP contribution >= 0.6 is 0 Å². The van der Waals surface area contributed by atoms with E-state index in [0.29, 0.717) is 11.3 Å². The molecule has 2 N–H and O–H groups in total. The first-order chi connectivity index (χ1) is 9.11. The van der Waals surface area contributed by atoms with Crippen molar-refractivity contribution in [1.29, 1.82) is 0 Å². The summed E-state index contributed by atoms with van der Waals surface area (Å²) in [6, 6.07) is 9.81. The van der Waals surface area contributed by atoms with Gasteiger partial charge in [0.15, 0.2) is 0 Å². The van der Waals surface area contributed by atoms with Crippen LogP contribution in [-0.4, -0.2) is 29.0 Å². The number of carbonyl (C=O) groups excluding carboxylic acids is 1. The Morgan fingerprint density at radius 2 is 1.68 bits per heavy atom. The lowest BCUT2D eigenvalue weighted by molar-refractivity contribution is 0.0696. The van der Waals surface area contributed by atoms with Gasteiger partial charge in [0.1, 0.15) is 0 Å². The van der Waals surface area contributed by atoms with Crippen molar-refractivity contribution < 1.29 is 14.7 Å². The van der Waals surface area contributed by atoms with Crippen LogP contribution in [0.15, 0.2) is 42.6 Å². The first-order valence-corrected chi connectivity index (χ1v) is 5.63. The Morgan fingerprint density at radius 1 is 1.05 bits per heavy atom. The number of carboxylic acid groups (broad SMARTS) is 1. The predicted molar refractivity (Wildman–Crippen MR) is 70.0 cm³/mol. The smallest absolute Gasteiger partial charge is 0.335 e. The molecule has 1 heterocycles. The summed E-state index contributed by atoms with van der Waals surface area (Å²) in [5, 5.41) is 11.3. The molecule has 0 fully saturated rings. The highest BCUT2D eigenvalue weighted by molar-refractivity contribution is 5.94. The Labute approximate surface area is 109 Å². The molecule has 2 rings (SSSR count). The third-order valence-electron chi connectivity index (χ3n) is 2.68. The van der Waals surface area contributed by atoms with Gasteiger partial charge in [-0.15, -0.1) is 0 Å². The maximum atomic E-state index is 11.4. The molecule has 1 aromatic heterocycles. The number of aromatic carboxylic acids is 1. The monoisotopic (exact) mass is 256 g/mol. The average molecular weight is 256 g/mol. The predicted octanol–water partition coefficient (Wildman–Crippen LogP) is 1.81. The molecule has 0 aliphatic carbocycles. The van der Waals surface area contributed by atoms with Gasteiger partial charge in [0.25, 0.3) is 5.91 Å². The van der Waals surface area contributed by atoms with E-state index in [2.05, 4.69) is 10.3 Å². The van der Waals surface area contributed by atoms with E-state index >= 15 is 0 Å². The van der Waals surface area contributed by atoms with E-state index in [1.807, 2.05) is 0 Å². The highest BCUT2D eigenvalue weighted by Crippen LogP contribution is 2.17. The second kappa shape index (κ2) is 5.30. The molecule has 5 heteroatoms. The minimum absolute atomic E-state index is 0.194. The molecule has 0 saturated carbocycles. The van der Waals surface area contributed by atoms with Crippen LogP contribution in [0.3, 0.4) is 0 Å². The minimum atomic E-state index is -0.963. The molecule has 0 radical (unpaired) electrons. The number of benzene rings is 1. The van der Waals surface area contributed by atoms with Gasteiger partial charge >= 0.3 is 5.97 Å². The van der Waals surface area contributed by atoms with Gasteiger partial charge in [0, 0.05) is 18.8 Å². The van der Waals surface area contributed by atoms with Gasteiger partial charge in [0.05, 0.1) is 16.8 Å². The average Bonchev–Trinajstić information content (AvgIpc) is 2.46. The highest BCUT2D eigenvalue weighted by Gasteiger charge is 2.06. The van der Waals surface area contributed by atoms with Crippen molar-refractivity contribution in [1.82, 2.24) is 10.3 Å². The first-order valence-electron chi connectivity index (χ1n) is 5.63. The van der Waals surface area contributed by atoms with Crippen molar-refractivity contribution in [3.8, 4) is 11.3 Å². The van der Waals surface area contributed by atoms with Crippen LogP contribution in [-0.2, 0) is 0 Å². The van der Waals surface area contributed by atoms with Crippen LogP contribution < -0.4 is 5.32 Å². The molecule has 1 aromatic carbocycles. The number of carboxylic acids is 1. The molecule has 0 aliphatic rings. The Bertz CT molecular complexity index is 604. The SMILES string of the molecule is CNC(=O)c1ccc(-c2ccc(C(=O)O)cc2)nc1. The number of pyridine rings is 1. The van der Waals surface area contributed by atoms with Crippen LogP contribution in [0.2, 0.25) is 0 Å². The Balaban J connectivity index is 2.27. The van der Waals surface area contributed by atoms with E-state index in [1.54, 1.807) is 31.3 Å². The minimum Gasteiger partial charge on any atom is -0.478 e. The van der Waals surface area contributed by atoms with Gasteiger partial charge < -0.3 is 10.4 Å². The Hall–Kier alpha value is -2.69. The van der Waals surface area contributed by atoms with Gasteiger partial charge in [-0.2, -0.15) is 0 Å². The van der Waals surface area contributed by atoms with E-state index in [4.69, 9.17) is 5.11 Å². The summed E-state index contributed by atoms with van der Waals surface area (Å²) < 4.78 is 0. The van der Waals surface area contributed by atoms with Gasteiger partial charge in [-0.25, -0.2) is 4.79 Å². The van der Waals surface area contributed by atoms with Crippen molar-refractivity contribution >= 4 is 11.9 Å². The normalized spacial score (nSPS) is 9.95. The molecule has 0 atom stereocenters. The van der Waals surface area contributed by atoms with Crippen molar-refractivity contribution in [2.24, 2.45) is 0 Å². The zero-order valence-corrected chi connectivity index (χ0v) is 10.3. The van der Waals surface area contributed by atoms with E-state index in [0.717, 1.165) is 5.56 Å². The summed E-state index contributed by atoms with van der Waals surface area (Å²) in [7, 11) is 1.56. The molecule has 0 spiro atoms. The summed E-state index contributed by atoms with van der Waals surface area (Å²) >= 11 is 0. The van der Waals surface area contributed by atoms with Gasteiger partial charge in [-0.1, -0.05) is 12.1 Å². The number of aromatic nitrogens is 1. The maximum absolute atomic E-state index is 11.4. The summed E-state index contributed by atoms with van der Waals surface area (Å²) in [6.07, 6.45) is 1.49. The third kappa shape index (κ3) is 2.77. The number of carbonyl (C=O) groups is 2. The molecule has 5 nitrogen and oxygen atoms in total. The lowest BCUT2D eigenvalue weighted by Gasteiger charge is -2.03. The molecule has 1 amide bonds. The fourth-order valence-electron chi connectivity index (χ4n) is 1.63. The Kier molecular flexibility index (Phi) is 3.56. The fraction of sp³-hybridized carbons (Fsp3) is 0.0714. The van der Waals surface area contributed by atoms with Crippen LogP contribution in [0.5, 0.6) is 0 Å². The lowest BCUT2D eigenvalue weighted by Crippen LogP contribution is -2.17. The first kappa shape index (κ1) is 12.8. The zero-order valence-electron chi connectivity index (χ0n) is 10.3. The van der Waals surface area contributed by atoms with Crippen LogP contribution in [0.4, 0.5) is 0 Å². The number of nitrogens with zero attached hydrogens (tertiary/aromatic N) is 1. The number of amides is 1. The van der Waals surface area contributed by atoms with Gasteiger partial charge in [0.2, 0.25) is 0 Å². The maximum Gasteiger partial charge on any atom is 0.335 e. The van der Waals surface area contributed by atoms with Gasteiger partial charge in [-0.05, 0) is 24.3 Å². The summed E-state index contributed by atoms with van der Waals surface area (Å²) in [6.45, 7) is 0. The molecule has 0 unspecified atom stereocenters. The third-order valence-corrected chi connectivity index (χ3v) is 2.68. The zero-order chi connectivity index (χ0) is 13.8. The summed E-state index contributed by atoms with van der Waals surface area (Å²) in [4.78, 5) is 26.3. The van der Waals surface area contributed by atoms with Crippen molar-refractivity contribution in [3.05, 3.63) is 53.7 Å². The summed E-state index contributed by atoms with van der Waals surface area (Å²) in [5.74, 6) is -1.16. The van der Waals surface area contributed by atoms with Crippen molar-refractivity contribution in [2.45, 2.75) is 0 Å². The molecule has 0 bridgehead atoms. The molecule has 96 valence electrons. The molecule has 0 saturated heterocycles. The van der Waals surface area contributed by atoms with Crippen LogP contribution in [0, 0.1) is 0 Å². The molecular weight excluding hydrogens is 244 g/mol. The van der Waals surface area contributed by atoms with E-state index in [-0.39, 0.29) is 11.5 Å². The second-order valence-electron chi connectivity index (χ2n) is 3.89. The van der Waals surface area contributed by atoms with Crippen molar-refractivity contribution in [3.63, 3.8) is 0 Å². The number of nitrogens with one attached hydrogen (secondary N) is 1.